The van der Waals surface area contributed by atoms with E-state index in [2.05, 4.69) is 20.9 Å². The van der Waals surface area contributed by atoms with Gasteiger partial charge in [-0.15, -0.1) is 0 Å². The first-order chi connectivity index (χ1) is 13.2. The van der Waals surface area contributed by atoms with E-state index in [9.17, 15) is 4.79 Å². The summed E-state index contributed by atoms with van der Waals surface area (Å²) in [7, 11) is 1.69. The predicted octanol–water partition coefficient (Wildman–Crippen LogP) is 2.30. The van der Waals surface area contributed by atoms with Crippen molar-refractivity contribution in [2.75, 3.05) is 26.8 Å². The Bertz CT molecular complexity index is 714. The van der Waals surface area contributed by atoms with Gasteiger partial charge in [-0.25, -0.2) is 4.99 Å². The van der Waals surface area contributed by atoms with Crippen molar-refractivity contribution in [1.82, 2.24) is 16.0 Å². The van der Waals surface area contributed by atoms with E-state index in [1.54, 1.807) is 25.5 Å². The largest absolute Gasteiger partial charge is 0.467 e. The van der Waals surface area contributed by atoms with Gasteiger partial charge >= 0.3 is 0 Å². The predicted molar refractivity (Wildman–Crippen MR) is 106 cm³/mol. The van der Waals surface area contributed by atoms with Gasteiger partial charge in [-0.2, -0.15) is 0 Å². The number of hydrogen-bond acceptors (Lipinski definition) is 4. The summed E-state index contributed by atoms with van der Waals surface area (Å²) in [6.07, 6.45) is 2.50. The number of amides is 1. The van der Waals surface area contributed by atoms with Crippen molar-refractivity contribution in [3.05, 3.63) is 59.5 Å². The molecule has 2 rings (SSSR count). The Hall–Kier alpha value is -2.80. The fourth-order valence-electron chi connectivity index (χ4n) is 2.43. The summed E-state index contributed by atoms with van der Waals surface area (Å²) in [5.74, 6) is 1.34. The average Bonchev–Trinajstić information content (AvgIpc) is 3.21. The number of benzene rings is 1. The third-order valence-corrected chi connectivity index (χ3v) is 3.77. The summed E-state index contributed by atoms with van der Waals surface area (Å²) in [5, 5.41) is 9.33. The smallest absolute Gasteiger partial charge is 0.251 e. The van der Waals surface area contributed by atoms with Crippen molar-refractivity contribution >= 4 is 11.9 Å². The number of ether oxygens (including phenoxy) is 1. The van der Waals surface area contributed by atoms with E-state index >= 15 is 0 Å². The fraction of sp³-hybridized carbons (Fsp3) is 0.400. The van der Waals surface area contributed by atoms with Crippen molar-refractivity contribution in [2.24, 2.45) is 4.99 Å². The maximum absolute atomic E-state index is 12.3. The van der Waals surface area contributed by atoms with Crippen LogP contribution >= 0.6 is 0 Å². The molecule has 27 heavy (non-hydrogen) atoms. The number of nitrogens with zero attached hydrogens (tertiary/aromatic N) is 1. The summed E-state index contributed by atoms with van der Waals surface area (Å²) in [6, 6.07) is 11.1. The van der Waals surface area contributed by atoms with Gasteiger partial charge in [0.25, 0.3) is 5.91 Å². The lowest BCUT2D eigenvalue weighted by molar-refractivity contribution is 0.0948. The third-order valence-electron chi connectivity index (χ3n) is 3.77. The molecule has 0 aliphatic heterocycles. The summed E-state index contributed by atoms with van der Waals surface area (Å²) >= 11 is 0. The summed E-state index contributed by atoms with van der Waals surface area (Å²) < 4.78 is 10.3. The quantitative estimate of drug-likeness (QED) is 0.338. The summed E-state index contributed by atoms with van der Waals surface area (Å²) in [5.41, 5.74) is 1.57. The summed E-state index contributed by atoms with van der Waals surface area (Å²) in [6.45, 7) is 5.15. The number of carbonyl (C=O) groups is 1. The minimum absolute atomic E-state index is 0.137. The normalized spacial score (nSPS) is 11.3. The molecule has 0 radical (unpaired) electrons. The van der Waals surface area contributed by atoms with E-state index in [1.165, 1.54) is 0 Å². The Labute approximate surface area is 160 Å². The van der Waals surface area contributed by atoms with Crippen LogP contribution in [0.1, 0.15) is 35.0 Å². The van der Waals surface area contributed by atoms with Gasteiger partial charge in [0.2, 0.25) is 0 Å². The molecule has 2 aromatic rings. The Kier molecular flexibility index (Phi) is 8.92. The first-order valence-corrected chi connectivity index (χ1v) is 9.13. The van der Waals surface area contributed by atoms with Gasteiger partial charge in [0, 0.05) is 32.4 Å². The van der Waals surface area contributed by atoms with Crippen molar-refractivity contribution in [3.8, 4) is 0 Å². The number of rotatable bonds is 10. The second-order valence-corrected chi connectivity index (χ2v) is 5.93. The minimum Gasteiger partial charge on any atom is -0.467 e. The Balaban J connectivity index is 1.91. The SMILES string of the molecule is CCNC(=NCc1cccc(C(=O)NCc2ccco2)c1)NCCCOC. The maximum atomic E-state index is 12.3. The standard InChI is InChI=1S/C20H28N4O3/c1-3-21-20(22-10-6-11-26-2)24-14-16-7-4-8-17(13-16)19(25)23-15-18-9-5-12-27-18/h4-5,7-9,12-13H,3,6,10-11,14-15H2,1-2H3,(H,23,25)(H2,21,22,24). The van der Waals surface area contributed by atoms with Gasteiger partial charge in [-0.05, 0) is 43.2 Å². The molecule has 0 saturated heterocycles. The van der Waals surface area contributed by atoms with Gasteiger partial charge in [0.15, 0.2) is 5.96 Å². The zero-order valence-electron chi connectivity index (χ0n) is 16.0. The molecular weight excluding hydrogens is 344 g/mol. The molecule has 1 aromatic carbocycles. The molecular formula is C20H28N4O3. The number of methoxy groups -OCH3 is 1. The van der Waals surface area contributed by atoms with Gasteiger partial charge in [-0.1, -0.05) is 12.1 Å². The highest BCUT2D eigenvalue weighted by atomic mass is 16.5. The zero-order chi connectivity index (χ0) is 19.3. The lowest BCUT2D eigenvalue weighted by atomic mass is 10.1. The first kappa shape index (κ1) is 20.5. The first-order valence-electron chi connectivity index (χ1n) is 9.13. The lowest BCUT2D eigenvalue weighted by Crippen LogP contribution is -2.38. The van der Waals surface area contributed by atoms with Crippen LogP contribution in [0.15, 0.2) is 52.1 Å². The van der Waals surface area contributed by atoms with E-state index in [4.69, 9.17) is 9.15 Å². The van der Waals surface area contributed by atoms with Crippen molar-refractivity contribution in [1.29, 1.82) is 0 Å². The number of guanidine groups is 1. The molecule has 0 aliphatic rings. The van der Waals surface area contributed by atoms with Crippen LogP contribution in [-0.4, -0.2) is 38.7 Å². The highest BCUT2D eigenvalue weighted by molar-refractivity contribution is 5.94. The summed E-state index contributed by atoms with van der Waals surface area (Å²) in [4.78, 5) is 16.9. The monoisotopic (exact) mass is 372 g/mol. The van der Waals surface area contributed by atoms with E-state index < -0.39 is 0 Å². The molecule has 0 fully saturated rings. The van der Waals surface area contributed by atoms with Gasteiger partial charge in [0.05, 0.1) is 19.4 Å². The molecule has 3 N–H and O–H groups in total. The molecule has 0 unspecified atom stereocenters. The molecule has 0 spiro atoms. The molecule has 0 aliphatic carbocycles. The van der Waals surface area contributed by atoms with Crippen LogP contribution in [0.2, 0.25) is 0 Å². The van der Waals surface area contributed by atoms with Crippen molar-refractivity contribution in [3.63, 3.8) is 0 Å². The van der Waals surface area contributed by atoms with Gasteiger partial charge in [-0.3, -0.25) is 4.79 Å². The lowest BCUT2D eigenvalue weighted by Gasteiger charge is -2.11. The van der Waals surface area contributed by atoms with E-state index in [0.29, 0.717) is 25.3 Å². The molecule has 7 nitrogen and oxygen atoms in total. The van der Waals surface area contributed by atoms with Crippen LogP contribution < -0.4 is 16.0 Å². The van der Waals surface area contributed by atoms with Crippen LogP contribution in [0, 0.1) is 0 Å². The number of carbonyl (C=O) groups excluding carboxylic acids is 1. The average molecular weight is 372 g/mol. The maximum Gasteiger partial charge on any atom is 0.251 e. The number of nitrogens with one attached hydrogen (secondary N) is 3. The minimum atomic E-state index is -0.137. The molecule has 1 aromatic heterocycles. The number of hydrogen-bond donors (Lipinski definition) is 3. The molecule has 1 amide bonds. The molecule has 0 saturated carbocycles. The van der Waals surface area contributed by atoms with Crippen LogP contribution in [-0.2, 0) is 17.8 Å². The Morgan fingerprint density at radius 1 is 1.19 bits per heavy atom. The van der Waals surface area contributed by atoms with E-state index in [1.807, 2.05) is 31.2 Å². The second kappa shape index (κ2) is 11.7. The van der Waals surface area contributed by atoms with Crippen molar-refractivity contribution in [2.45, 2.75) is 26.4 Å². The Morgan fingerprint density at radius 3 is 2.81 bits per heavy atom. The second-order valence-electron chi connectivity index (χ2n) is 5.93. The molecule has 146 valence electrons. The zero-order valence-corrected chi connectivity index (χ0v) is 16.0. The fourth-order valence-corrected chi connectivity index (χ4v) is 2.43. The highest BCUT2D eigenvalue weighted by Crippen LogP contribution is 2.08. The topological polar surface area (TPSA) is 87.9 Å². The molecule has 0 bridgehead atoms. The number of furan rings is 1. The number of aliphatic imine (C=N–C) groups is 1. The van der Waals surface area contributed by atoms with Crippen LogP contribution in [0.4, 0.5) is 0 Å². The van der Waals surface area contributed by atoms with E-state index in [-0.39, 0.29) is 5.91 Å². The van der Waals surface area contributed by atoms with Crippen molar-refractivity contribution < 1.29 is 13.9 Å². The van der Waals surface area contributed by atoms with Crippen LogP contribution in [0.3, 0.4) is 0 Å². The molecule has 0 atom stereocenters. The Morgan fingerprint density at radius 2 is 2.07 bits per heavy atom. The molecule has 7 heteroatoms. The third kappa shape index (κ3) is 7.53. The van der Waals surface area contributed by atoms with Gasteiger partial charge < -0.3 is 25.1 Å². The van der Waals surface area contributed by atoms with E-state index in [0.717, 1.165) is 36.8 Å². The van der Waals surface area contributed by atoms with Gasteiger partial charge in [0.1, 0.15) is 5.76 Å². The highest BCUT2D eigenvalue weighted by Gasteiger charge is 2.07. The van der Waals surface area contributed by atoms with Crippen LogP contribution in [0.25, 0.3) is 0 Å². The molecule has 1 heterocycles. The van der Waals surface area contributed by atoms with Crippen LogP contribution in [0.5, 0.6) is 0 Å².